The molecule has 2 atom stereocenters. The van der Waals surface area contributed by atoms with Crippen molar-refractivity contribution in [3.05, 3.63) is 34.1 Å². The molecule has 0 bridgehead atoms. The van der Waals surface area contributed by atoms with Crippen LogP contribution in [0.25, 0.3) is 0 Å². The third-order valence-electron chi connectivity index (χ3n) is 3.54. The van der Waals surface area contributed by atoms with Crippen molar-refractivity contribution in [1.29, 1.82) is 0 Å². The van der Waals surface area contributed by atoms with Gasteiger partial charge in [0.25, 0.3) is 0 Å². The number of carboxylic acids is 1. The summed E-state index contributed by atoms with van der Waals surface area (Å²) in [5.41, 5.74) is 0.995. The van der Waals surface area contributed by atoms with Crippen molar-refractivity contribution >= 4 is 21.9 Å². The van der Waals surface area contributed by atoms with E-state index in [1.54, 1.807) is 12.1 Å². The minimum Gasteiger partial charge on any atom is -0.481 e. The van der Waals surface area contributed by atoms with Crippen molar-refractivity contribution < 1.29 is 14.3 Å². The van der Waals surface area contributed by atoms with Gasteiger partial charge in [-0.2, -0.15) is 0 Å². The molecule has 1 aliphatic rings. The molecule has 1 aromatic rings. The molecule has 0 spiro atoms. The van der Waals surface area contributed by atoms with Crippen molar-refractivity contribution in [2.45, 2.75) is 19.4 Å². The summed E-state index contributed by atoms with van der Waals surface area (Å²) in [6, 6.07) is 5.04. The molecule has 2 rings (SSSR count). The van der Waals surface area contributed by atoms with E-state index in [1.165, 1.54) is 6.07 Å². The van der Waals surface area contributed by atoms with Crippen LogP contribution in [0, 0.1) is 11.7 Å². The van der Waals surface area contributed by atoms with Crippen molar-refractivity contribution in [3.8, 4) is 0 Å². The smallest absolute Gasteiger partial charge is 0.307 e. The molecule has 2 unspecified atom stereocenters. The lowest BCUT2D eigenvalue weighted by Gasteiger charge is -2.24. The van der Waals surface area contributed by atoms with E-state index in [9.17, 15) is 9.18 Å². The van der Waals surface area contributed by atoms with E-state index in [-0.39, 0.29) is 17.8 Å². The lowest BCUT2D eigenvalue weighted by atomic mass is 10.1. The van der Waals surface area contributed by atoms with Gasteiger partial charge >= 0.3 is 5.97 Å². The molecular weight excluding hydrogens is 301 g/mol. The quantitative estimate of drug-likeness (QED) is 0.932. The molecule has 1 fully saturated rings. The molecule has 18 heavy (non-hydrogen) atoms. The molecule has 1 saturated heterocycles. The molecule has 3 nitrogen and oxygen atoms in total. The number of nitrogens with zero attached hydrogens (tertiary/aromatic N) is 1. The molecule has 0 aromatic heterocycles. The Balaban J connectivity index is 2.10. The second-order valence-corrected chi connectivity index (χ2v) is 5.52. The summed E-state index contributed by atoms with van der Waals surface area (Å²) in [6.45, 7) is 3.35. The average molecular weight is 316 g/mol. The number of aliphatic carboxylic acids is 1. The lowest BCUT2D eigenvalue weighted by Crippen LogP contribution is -2.26. The Hall–Kier alpha value is -0.940. The average Bonchev–Trinajstić information content (AvgIpc) is 2.81. The SMILES string of the molecule is CC(c1ccc(F)c(Br)c1)N1CCC(C(=O)O)C1. The number of likely N-dealkylation sites (tertiary alicyclic amines) is 1. The molecule has 98 valence electrons. The van der Waals surface area contributed by atoms with Crippen LogP contribution in [-0.4, -0.2) is 29.1 Å². The Bertz CT molecular complexity index is 466. The van der Waals surface area contributed by atoms with E-state index in [0.29, 0.717) is 17.4 Å². The molecule has 0 saturated carbocycles. The minimum absolute atomic E-state index is 0.103. The first kappa shape index (κ1) is 13.5. The van der Waals surface area contributed by atoms with E-state index in [4.69, 9.17) is 5.11 Å². The zero-order chi connectivity index (χ0) is 13.3. The van der Waals surface area contributed by atoms with Crippen LogP contribution < -0.4 is 0 Å². The first-order valence-electron chi connectivity index (χ1n) is 5.91. The second-order valence-electron chi connectivity index (χ2n) is 4.67. The van der Waals surface area contributed by atoms with Crippen LogP contribution >= 0.6 is 15.9 Å². The van der Waals surface area contributed by atoms with Gasteiger partial charge in [0.1, 0.15) is 5.82 Å². The second kappa shape index (κ2) is 5.36. The number of carbonyl (C=O) groups is 1. The zero-order valence-electron chi connectivity index (χ0n) is 10.1. The van der Waals surface area contributed by atoms with Crippen molar-refractivity contribution in [2.24, 2.45) is 5.92 Å². The Labute approximate surface area is 114 Å². The number of carboxylic acid groups (broad SMARTS) is 1. The fourth-order valence-corrected chi connectivity index (χ4v) is 2.72. The predicted octanol–water partition coefficient (Wildman–Crippen LogP) is 3.06. The van der Waals surface area contributed by atoms with Crippen LogP contribution in [0.4, 0.5) is 4.39 Å². The number of hydrogen-bond donors (Lipinski definition) is 1. The monoisotopic (exact) mass is 315 g/mol. The maximum atomic E-state index is 13.2. The zero-order valence-corrected chi connectivity index (χ0v) is 11.7. The van der Waals surface area contributed by atoms with Crippen LogP contribution in [0.15, 0.2) is 22.7 Å². The first-order valence-corrected chi connectivity index (χ1v) is 6.70. The molecule has 1 heterocycles. The molecule has 0 amide bonds. The van der Waals surface area contributed by atoms with Crippen molar-refractivity contribution in [2.75, 3.05) is 13.1 Å². The molecule has 5 heteroatoms. The Morgan fingerprint density at radius 2 is 2.33 bits per heavy atom. The lowest BCUT2D eigenvalue weighted by molar-refractivity contribution is -0.141. The number of hydrogen-bond acceptors (Lipinski definition) is 2. The van der Waals surface area contributed by atoms with Gasteiger partial charge < -0.3 is 5.11 Å². The standard InChI is InChI=1S/C13H15BrFNO2/c1-8(9-2-3-12(15)11(14)6-9)16-5-4-10(7-16)13(17)18/h2-3,6,8,10H,4-5,7H2,1H3,(H,17,18). The van der Waals surface area contributed by atoms with E-state index in [1.807, 2.05) is 6.92 Å². The predicted molar refractivity (Wildman–Crippen MR) is 69.8 cm³/mol. The van der Waals surface area contributed by atoms with Gasteiger partial charge in [-0.3, -0.25) is 9.69 Å². The molecule has 1 aromatic carbocycles. The highest BCUT2D eigenvalue weighted by atomic mass is 79.9. The largest absolute Gasteiger partial charge is 0.481 e. The van der Waals surface area contributed by atoms with E-state index >= 15 is 0 Å². The van der Waals surface area contributed by atoms with Crippen LogP contribution in [0.1, 0.15) is 24.9 Å². The third-order valence-corrected chi connectivity index (χ3v) is 4.15. The highest BCUT2D eigenvalue weighted by Gasteiger charge is 2.31. The third kappa shape index (κ3) is 2.72. The summed E-state index contributed by atoms with van der Waals surface area (Å²) in [5.74, 6) is -1.29. The molecule has 1 aliphatic heterocycles. The van der Waals surface area contributed by atoms with Gasteiger partial charge in [-0.05, 0) is 53.5 Å². The van der Waals surface area contributed by atoms with E-state index in [2.05, 4.69) is 20.8 Å². The first-order chi connectivity index (χ1) is 8.49. The summed E-state index contributed by atoms with van der Waals surface area (Å²) in [7, 11) is 0. The highest BCUT2D eigenvalue weighted by molar-refractivity contribution is 9.10. The number of halogens is 2. The molecule has 1 N–H and O–H groups in total. The number of rotatable bonds is 3. The Kier molecular flexibility index (Phi) is 4.02. The molecular formula is C13H15BrFNO2. The summed E-state index contributed by atoms with van der Waals surface area (Å²) in [5, 5.41) is 8.98. The maximum Gasteiger partial charge on any atom is 0.307 e. The van der Waals surface area contributed by atoms with Crippen LogP contribution in [-0.2, 0) is 4.79 Å². The van der Waals surface area contributed by atoms with Crippen LogP contribution in [0.2, 0.25) is 0 Å². The summed E-state index contributed by atoms with van der Waals surface area (Å²) in [6.07, 6.45) is 0.683. The van der Waals surface area contributed by atoms with Crippen LogP contribution in [0.3, 0.4) is 0 Å². The van der Waals surface area contributed by atoms with Gasteiger partial charge in [-0.1, -0.05) is 6.07 Å². The fourth-order valence-electron chi connectivity index (χ4n) is 2.32. The Morgan fingerprint density at radius 1 is 1.61 bits per heavy atom. The summed E-state index contributed by atoms with van der Waals surface area (Å²) >= 11 is 3.17. The fraction of sp³-hybridized carbons (Fsp3) is 0.462. The molecule has 0 aliphatic carbocycles. The topological polar surface area (TPSA) is 40.5 Å². The normalized spacial score (nSPS) is 22.1. The highest BCUT2D eigenvalue weighted by Crippen LogP contribution is 2.29. The minimum atomic E-state index is -0.731. The van der Waals surface area contributed by atoms with Crippen LogP contribution in [0.5, 0.6) is 0 Å². The van der Waals surface area contributed by atoms with Crippen molar-refractivity contribution in [3.63, 3.8) is 0 Å². The number of benzene rings is 1. The van der Waals surface area contributed by atoms with Gasteiger partial charge in [0.2, 0.25) is 0 Å². The maximum absolute atomic E-state index is 13.2. The van der Waals surface area contributed by atoms with Gasteiger partial charge in [0.15, 0.2) is 0 Å². The molecule has 0 radical (unpaired) electrons. The van der Waals surface area contributed by atoms with Gasteiger partial charge in [0.05, 0.1) is 10.4 Å². The van der Waals surface area contributed by atoms with Gasteiger partial charge in [-0.15, -0.1) is 0 Å². The Morgan fingerprint density at radius 3 is 2.89 bits per heavy atom. The summed E-state index contributed by atoms with van der Waals surface area (Å²) < 4.78 is 13.6. The van der Waals surface area contributed by atoms with Crippen molar-refractivity contribution in [1.82, 2.24) is 4.90 Å². The van der Waals surface area contributed by atoms with E-state index in [0.717, 1.165) is 12.1 Å². The van der Waals surface area contributed by atoms with Gasteiger partial charge in [0, 0.05) is 12.6 Å². The van der Waals surface area contributed by atoms with Gasteiger partial charge in [-0.25, -0.2) is 4.39 Å². The summed E-state index contributed by atoms with van der Waals surface area (Å²) in [4.78, 5) is 13.0. The van der Waals surface area contributed by atoms with E-state index < -0.39 is 5.97 Å².